The smallest absolute Gasteiger partial charge is 0.304 e. The van der Waals surface area contributed by atoms with Crippen molar-refractivity contribution < 1.29 is 14.7 Å². The predicted octanol–water partition coefficient (Wildman–Crippen LogP) is 5.12. The Kier molecular flexibility index (Phi) is 6.52. The molecule has 0 unspecified atom stereocenters. The number of aromatic nitrogens is 1. The first-order valence-corrected chi connectivity index (χ1v) is 10.5. The van der Waals surface area contributed by atoms with E-state index in [1.54, 1.807) is 11.0 Å². The summed E-state index contributed by atoms with van der Waals surface area (Å²) in [5.74, 6) is -1.52. The molecule has 5 nitrogen and oxygen atoms in total. The third-order valence-corrected chi connectivity index (χ3v) is 6.28. The molecule has 1 aliphatic rings. The molecule has 1 N–H and O–H groups in total. The highest BCUT2D eigenvalue weighted by atomic mass is 35.5. The van der Waals surface area contributed by atoms with Crippen LogP contribution in [0.4, 0.5) is 5.13 Å². The highest BCUT2D eigenvalue weighted by Gasteiger charge is 2.36. The highest BCUT2D eigenvalue weighted by molar-refractivity contribution is 7.14. The Morgan fingerprint density at radius 1 is 1.36 bits per heavy atom. The van der Waals surface area contributed by atoms with Crippen molar-refractivity contribution in [2.24, 2.45) is 17.8 Å². The van der Waals surface area contributed by atoms with Gasteiger partial charge in [-0.15, -0.1) is 11.3 Å². The molecule has 28 heavy (non-hydrogen) atoms. The van der Waals surface area contributed by atoms with Crippen LogP contribution in [0.2, 0.25) is 5.02 Å². The fraction of sp³-hybridized carbons (Fsp3) is 0.381. The molecule has 0 aliphatic carbocycles. The van der Waals surface area contributed by atoms with Gasteiger partial charge in [0.25, 0.3) is 0 Å². The molecule has 0 spiro atoms. The second kappa shape index (κ2) is 8.88. The van der Waals surface area contributed by atoms with Gasteiger partial charge < -0.3 is 5.11 Å². The van der Waals surface area contributed by atoms with E-state index in [1.165, 1.54) is 11.3 Å². The van der Waals surface area contributed by atoms with Gasteiger partial charge in [-0.1, -0.05) is 55.8 Å². The molecular weight excluding hydrogens is 396 g/mol. The lowest BCUT2D eigenvalue weighted by molar-refractivity contribution is -0.142. The Labute approximate surface area is 173 Å². The minimum Gasteiger partial charge on any atom is -0.481 e. The van der Waals surface area contributed by atoms with Gasteiger partial charge in [-0.3, -0.25) is 14.5 Å². The topological polar surface area (TPSA) is 70.5 Å². The Balaban J connectivity index is 1.95. The van der Waals surface area contributed by atoms with Crippen molar-refractivity contribution >= 4 is 39.9 Å². The molecule has 2 aromatic rings. The van der Waals surface area contributed by atoms with Gasteiger partial charge in [-0.05, 0) is 24.3 Å². The summed E-state index contributed by atoms with van der Waals surface area (Å²) in [6.07, 6.45) is 4.54. The third-order valence-electron chi connectivity index (χ3n) is 5.09. The van der Waals surface area contributed by atoms with Crippen LogP contribution in [0.25, 0.3) is 11.3 Å². The van der Waals surface area contributed by atoms with Crippen molar-refractivity contribution in [3.8, 4) is 11.3 Å². The van der Waals surface area contributed by atoms with E-state index in [1.807, 2.05) is 49.6 Å². The molecular formula is C21H23ClN2O3S. The average molecular weight is 419 g/mol. The molecule has 7 heteroatoms. The number of halogens is 1. The number of nitrogens with zero attached hydrogens (tertiary/aromatic N) is 2. The largest absolute Gasteiger partial charge is 0.481 e. The molecule has 1 aromatic heterocycles. The lowest BCUT2D eigenvalue weighted by Crippen LogP contribution is -2.42. The summed E-state index contributed by atoms with van der Waals surface area (Å²) in [7, 11) is 0. The Morgan fingerprint density at radius 2 is 2.11 bits per heavy atom. The maximum absolute atomic E-state index is 13.3. The fourth-order valence-electron chi connectivity index (χ4n) is 3.59. The van der Waals surface area contributed by atoms with E-state index in [9.17, 15) is 14.7 Å². The zero-order chi connectivity index (χ0) is 20.3. The van der Waals surface area contributed by atoms with Crippen LogP contribution >= 0.6 is 22.9 Å². The first kappa shape index (κ1) is 20.6. The quantitative estimate of drug-likeness (QED) is 0.684. The minimum absolute atomic E-state index is 0.0225. The van der Waals surface area contributed by atoms with E-state index < -0.39 is 11.9 Å². The molecule has 0 saturated carbocycles. The first-order valence-electron chi connectivity index (χ1n) is 9.27. The summed E-state index contributed by atoms with van der Waals surface area (Å²) in [5, 5.41) is 12.4. The summed E-state index contributed by atoms with van der Waals surface area (Å²) in [4.78, 5) is 31.0. The summed E-state index contributed by atoms with van der Waals surface area (Å²) in [6.45, 7) is 4.45. The number of benzene rings is 1. The molecule has 3 rings (SSSR count). The number of carbonyl (C=O) groups excluding carboxylic acids is 1. The summed E-state index contributed by atoms with van der Waals surface area (Å²) >= 11 is 7.64. The van der Waals surface area contributed by atoms with Crippen molar-refractivity contribution in [1.29, 1.82) is 0 Å². The van der Waals surface area contributed by atoms with E-state index >= 15 is 0 Å². The molecule has 0 radical (unpaired) electrons. The van der Waals surface area contributed by atoms with Crippen molar-refractivity contribution in [2.75, 3.05) is 11.4 Å². The van der Waals surface area contributed by atoms with E-state index in [2.05, 4.69) is 4.98 Å². The maximum Gasteiger partial charge on any atom is 0.304 e. The number of aliphatic carboxylic acids is 1. The number of anilines is 1. The lowest BCUT2D eigenvalue weighted by atomic mass is 9.78. The van der Waals surface area contributed by atoms with Crippen molar-refractivity contribution in [3.05, 3.63) is 46.8 Å². The number of amides is 1. The third kappa shape index (κ3) is 4.45. The Bertz CT molecular complexity index is 893. The number of carboxylic acids is 1. The zero-order valence-corrected chi connectivity index (χ0v) is 17.4. The lowest BCUT2D eigenvalue weighted by Gasteiger charge is -2.33. The van der Waals surface area contributed by atoms with Crippen molar-refractivity contribution in [2.45, 2.75) is 26.7 Å². The van der Waals surface area contributed by atoms with Crippen LogP contribution in [0.15, 0.2) is 41.8 Å². The molecule has 0 fully saturated rings. The minimum atomic E-state index is -0.954. The number of hydrogen-bond acceptors (Lipinski definition) is 4. The van der Waals surface area contributed by atoms with Crippen LogP contribution < -0.4 is 4.90 Å². The zero-order valence-electron chi connectivity index (χ0n) is 15.8. The molecule has 1 amide bonds. The van der Waals surface area contributed by atoms with Gasteiger partial charge in [0.2, 0.25) is 5.91 Å². The summed E-state index contributed by atoms with van der Waals surface area (Å²) < 4.78 is 0. The van der Waals surface area contributed by atoms with Crippen LogP contribution in [-0.4, -0.2) is 28.5 Å². The summed E-state index contributed by atoms with van der Waals surface area (Å²) in [6, 6.07) is 7.43. The molecule has 2 heterocycles. The highest BCUT2D eigenvalue weighted by Crippen LogP contribution is 2.35. The number of rotatable bonds is 5. The predicted molar refractivity (Wildman–Crippen MR) is 113 cm³/mol. The number of hydrogen-bond donors (Lipinski definition) is 1. The van der Waals surface area contributed by atoms with Gasteiger partial charge in [0.15, 0.2) is 5.13 Å². The van der Waals surface area contributed by atoms with Gasteiger partial charge in [-0.2, -0.15) is 0 Å². The number of carbonyl (C=O) groups is 2. The van der Waals surface area contributed by atoms with Crippen molar-refractivity contribution in [1.82, 2.24) is 4.98 Å². The van der Waals surface area contributed by atoms with Gasteiger partial charge in [0.05, 0.1) is 18.0 Å². The second-order valence-corrected chi connectivity index (χ2v) is 8.51. The Hall–Kier alpha value is -2.18. The van der Waals surface area contributed by atoms with Crippen LogP contribution in [0, 0.1) is 17.8 Å². The van der Waals surface area contributed by atoms with E-state index in [4.69, 9.17) is 11.6 Å². The average Bonchev–Trinajstić information content (AvgIpc) is 3.11. The van der Waals surface area contributed by atoms with Crippen LogP contribution in [0.1, 0.15) is 26.7 Å². The van der Waals surface area contributed by atoms with E-state index in [-0.39, 0.29) is 24.2 Å². The van der Waals surface area contributed by atoms with Crippen molar-refractivity contribution in [3.63, 3.8) is 0 Å². The fourth-order valence-corrected chi connectivity index (χ4v) is 4.66. The monoisotopic (exact) mass is 418 g/mol. The van der Waals surface area contributed by atoms with Gasteiger partial charge >= 0.3 is 5.97 Å². The normalized spacial score (nSPS) is 21.4. The van der Waals surface area contributed by atoms with Gasteiger partial charge in [0, 0.05) is 22.5 Å². The van der Waals surface area contributed by atoms with Gasteiger partial charge in [-0.25, -0.2) is 4.98 Å². The number of allylic oxidation sites excluding steroid dienone is 1. The van der Waals surface area contributed by atoms with Crippen LogP contribution in [-0.2, 0) is 9.59 Å². The molecule has 148 valence electrons. The Morgan fingerprint density at radius 3 is 2.79 bits per heavy atom. The first-order chi connectivity index (χ1) is 13.4. The van der Waals surface area contributed by atoms with E-state index in [0.29, 0.717) is 28.8 Å². The van der Waals surface area contributed by atoms with E-state index in [0.717, 1.165) is 5.56 Å². The number of thiazole rings is 1. The second-order valence-electron chi connectivity index (χ2n) is 7.26. The molecule has 1 aromatic carbocycles. The number of carboxylic acid groups (broad SMARTS) is 1. The maximum atomic E-state index is 13.3. The van der Waals surface area contributed by atoms with Crippen LogP contribution in [0.5, 0.6) is 0 Å². The molecule has 2 atom stereocenters. The molecule has 0 saturated heterocycles. The standard InChI is InChI=1S/C21H23ClN2O3S/c1-13(2)14-7-5-6-10-24(20(27)16(14)11-19(25)26)21-23-18(12-28-21)15-8-3-4-9-17(15)22/h3-6,8-9,12-14,16H,7,10-11H2,1-2H3,(H,25,26)/b6-5-/t14-,16+/m1/s1. The summed E-state index contributed by atoms with van der Waals surface area (Å²) in [5.41, 5.74) is 1.52. The molecule has 0 bridgehead atoms. The van der Waals surface area contributed by atoms with Gasteiger partial charge in [0.1, 0.15) is 0 Å². The van der Waals surface area contributed by atoms with Crippen LogP contribution in [0.3, 0.4) is 0 Å². The SMILES string of the molecule is CC(C)[C@H]1C/C=C\CN(c2nc(-c3ccccc3Cl)cs2)C(=O)[C@H]1CC(=O)O. The molecule has 1 aliphatic heterocycles.